The van der Waals surface area contributed by atoms with Crippen molar-refractivity contribution in [1.82, 2.24) is 4.57 Å². The van der Waals surface area contributed by atoms with Gasteiger partial charge >= 0.3 is 0 Å². The summed E-state index contributed by atoms with van der Waals surface area (Å²) in [5.41, 5.74) is 14.9. The van der Waals surface area contributed by atoms with Crippen LogP contribution in [-0.4, -0.2) is 4.57 Å². The second-order valence-corrected chi connectivity index (χ2v) is 12.3. The van der Waals surface area contributed by atoms with Crippen molar-refractivity contribution in [1.29, 1.82) is 0 Å². The summed E-state index contributed by atoms with van der Waals surface area (Å²) in [6, 6.07) is 48.9. The van der Waals surface area contributed by atoms with E-state index in [9.17, 15) is 0 Å². The predicted octanol–water partition coefficient (Wildman–Crippen LogP) is 10.9. The van der Waals surface area contributed by atoms with Crippen molar-refractivity contribution >= 4 is 55.9 Å². The zero-order valence-electron chi connectivity index (χ0n) is 24.5. The summed E-state index contributed by atoms with van der Waals surface area (Å²) in [6.07, 6.45) is 0. The lowest BCUT2D eigenvalue weighted by Gasteiger charge is -2.40. The third kappa shape index (κ3) is 3.25. The molecular weight excluding hydrogens is 522 g/mol. The number of hydrogen-bond acceptors (Lipinski definition) is 2. The molecule has 6 aromatic carbocycles. The van der Waals surface area contributed by atoms with Crippen molar-refractivity contribution in [3.8, 4) is 11.1 Å². The Morgan fingerprint density at radius 3 is 1.67 bits per heavy atom. The van der Waals surface area contributed by atoms with Gasteiger partial charge in [-0.2, -0.15) is 0 Å². The zero-order valence-corrected chi connectivity index (χ0v) is 24.5. The molecule has 0 bridgehead atoms. The van der Waals surface area contributed by atoms with Gasteiger partial charge in [0.2, 0.25) is 0 Å². The monoisotopic (exact) mass is 553 g/mol. The van der Waals surface area contributed by atoms with Crippen LogP contribution in [-0.2, 0) is 12.5 Å². The molecule has 0 spiro atoms. The van der Waals surface area contributed by atoms with E-state index in [-0.39, 0.29) is 5.41 Å². The number of benzene rings is 6. The molecule has 206 valence electrons. The van der Waals surface area contributed by atoms with E-state index < -0.39 is 0 Å². The maximum Gasteiger partial charge on any atom is 0.0703 e. The fraction of sp³-hybridized carbons (Fsp3) is 0.100. The van der Waals surface area contributed by atoms with E-state index in [1.807, 2.05) is 0 Å². The van der Waals surface area contributed by atoms with Gasteiger partial charge in [-0.05, 0) is 89.0 Å². The Morgan fingerprint density at radius 2 is 1.00 bits per heavy atom. The van der Waals surface area contributed by atoms with Crippen molar-refractivity contribution in [2.45, 2.75) is 19.3 Å². The minimum Gasteiger partial charge on any atom is -0.344 e. The maximum atomic E-state index is 2.45. The predicted molar refractivity (Wildman–Crippen MR) is 181 cm³/mol. The summed E-state index contributed by atoms with van der Waals surface area (Å²) in [7, 11) is 2.19. The molecule has 1 aliphatic carbocycles. The molecular formula is C40H31N3. The molecule has 7 aromatic rings. The average Bonchev–Trinajstić information content (AvgIpc) is 3.45. The van der Waals surface area contributed by atoms with Crippen LogP contribution >= 0.6 is 0 Å². The standard InChI is InChI=1S/C40H31N3/c1-40(2)32-23-27(21-22-28(32)30-25-39-31(24-33(30)40)29-15-7-8-16-34(29)41(39)3)43-37-19-11-9-17-35(37)42(26-13-5-4-6-14-26)36-18-10-12-20-38(36)43/h4-25H,1-3H3. The van der Waals surface area contributed by atoms with Gasteiger partial charge in [0, 0.05) is 45.6 Å². The first kappa shape index (κ1) is 24.3. The van der Waals surface area contributed by atoms with Gasteiger partial charge in [0.25, 0.3) is 0 Å². The first-order valence-electron chi connectivity index (χ1n) is 15.0. The highest BCUT2D eigenvalue weighted by molar-refractivity contribution is 6.10. The highest BCUT2D eigenvalue weighted by atomic mass is 15.3. The second-order valence-electron chi connectivity index (χ2n) is 12.3. The maximum absolute atomic E-state index is 2.45. The van der Waals surface area contributed by atoms with Crippen molar-refractivity contribution in [3.63, 3.8) is 0 Å². The third-order valence-corrected chi connectivity index (χ3v) is 9.69. The number of aromatic nitrogens is 1. The van der Waals surface area contributed by atoms with Gasteiger partial charge in [-0.1, -0.05) is 80.6 Å². The Morgan fingerprint density at radius 1 is 0.442 bits per heavy atom. The van der Waals surface area contributed by atoms with E-state index in [0.29, 0.717) is 0 Å². The lowest BCUT2D eigenvalue weighted by molar-refractivity contribution is 0.661. The Hall–Kier alpha value is -5.28. The van der Waals surface area contributed by atoms with Gasteiger partial charge in [-0.25, -0.2) is 0 Å². The first-order chi connectivity index (χ1) is 21.0. The van der Waals surface area contributed by atoms with E-state index in [2.05, 4.69) is 169 Å². The lowest BCUT2D eigenvalue weighted by Crippen LogP contribution is -2.24. The van der Waals surface area contributed by atoms with Crippen molar-refractivity contribution in [2.75, 3.05) is 9.80 Å². The lowest BCUT2D eigenvalue weighted by atomic mass is 9.82. The molecule has 9 rings (SSSR count). The van der Waals surface area contributed by atoms with Crippen LogP contribution in [0.1, 0.15) is 25.0 Å². The van der Waals surface area contributed by atoms with Gasteiger partial charge in [-0.3, -0.25) is 0 Å². The number of anilines is 6. The number of para-hydroxylation sites is 6. The summed E-state index contributed by atoms with van der Waals surface area (Å²) >= 11 is 0. The minimum absolute atomic E-state index is 0.128. The summed E-state index contributed by atoms with van der Waals surface area (Å²) < 4.78 is 2.34. The zero-order chi connectivity index (χ0) is 28.9. The van der Waals surface area contributed by atoms with Crippen molar-refractivity contribution in [2.24, 2.45) is 7.05 Å². The first-order valence-corrected chi connectivity index (χ1v) is 15.0. The molecule has 0 saturated carbocycles. The quantitative estimate of drug-likeness (QED) is 0.211. The smallest absolute Gasteiger partial charge is 0.0703 e. The number of rotatable bonds is 2. The molecule has 1 aliphatic heterocycles. The van der Waals surface area contributed by atoms with E-state index >= 15 is 0 Å². The second kappa shape index (κ2) is 8.62. The van der Waals surface area contributed by atoms with E-state index in [0.717, 1.165) is 5.69 Å². The fourth-order valence-corrected chi connectivity index (χ4v) is 7.59. The minimum atomic E-state index is -0.128. The van der Waals surface area contributed by atoms with Crippen molar-refractivity contribution < 1.29 is 0 Å². The topological polar surface area (TPSA) is 11.4 Å². The van der Waals surface area contributed by atoms with E-state index in [4.69, 9.17) is 0 Å². The molecule has 3 nitrogen and oxygen atoms in total. The van der Waals surface area contributed by atoms with Crippen LogP contribution < -0.4 is 9.80 Å². The molecule has 0 N–H and O–H groups in total. The highest BCUT2D eigenvalue weighted by Crippen LogP contribution is 2.56. The number of hydrogen-bond donors (Lipinski definition) is 0. The van der Waals surface area contributed by atoms with Crippen LogP contribution in [0, 0.1) is 0 Å². The van der Waals surface area contributed by atoms with E-state index in [1.54, 1.807) is 0 Å². The summed E-state index contributed by atoms with van der Waals surface area (Å²) in [5, 5.41) is 2.65. The van der Waals surface area contributed by atoms with Crippen LogP contribution in [0.4, 0.5) is 34.1 Å². The molecule has 0 radical (unpaired) electrons. The molecule has 43 heavy (non-hydrogen) atoms. The van der Waals surface area contributed by atoms with Gasteiger partial charge in [0.1, 0.15) is 0 Å². The molecule has 0 unspecified atom stereocenters. The largest absolute Gasteiger partial charge is 0.344 e. The van der Waals surface area contributed by atoms with Gasteiger partial charge in [0.05, 0.1) is 22.7 Å². The normalized spacial score (nSPS) is 14.5. The summed E-state index contributed by atoms with van der Waals surface area (Å²) in [4.78, 5) is 4.82. The van der Waals surface area contributed by atoms with Crippen LogP contribution in [0.3, 0.4) is 0 Å². The number of fused-ring (bicyclic) bond motifs is 8. The Labute approximate surface area is 251 Å². The van der Waals surface area contributed by atoms with Crippen LogP contribution in [0.2, 0.25) is 0 Å². The Kier molecular flexibility index (Phi) is 4.88. The molecule has 0 amide bonds. The Balaban J connectivity index is 1.24. The molecule has 2 heterocycles. The van der Waals surface area contributed by atoms with E-state index in [1.165, 1.54) is 72.5 Å². The SMILES string of the molecule is Cn1c2ccccc2c2cc3c(cc21)-c1ccc(N2c4ccccc4N(c4ccccc4)c4ccccc42)cc1C3(C)C. The summed E-state index contributed by atoms with van der Waals surface area (Å²) in [5.74, 6) is 0. The Bertz CT molecular complexity index is 2190. The third-order valence-electron chi connectivity index (χ3n) is 9.69. The highest BCUT2D eigenvalue weighted by Gasteiger charge is 2.38. The van der Waals surface area contributed by atoms with Gasteiger partial charge in [0.15, 0.2) is 0 Å². The number of aryl methyl sites for hydroxylation is 1. The molecule has 0 fully saturated rings. The van der Waals surface area contributed by atoms with Gasteiger partial charge < -0.3 is 14.4 Å². The average molecular weight is 554 g/mol. The molecule has 0 atom stereocenters. The molecule has 0 saturated heterocycles. The summed E-state index contributed by atoms with van der Waals surface area (Å²) in [6.45, 7) is 4.77. The van der Waals surface area contributed by atoms with Crippen molar-refractivity contribution in [3.05, 3.63) is 145 Å². The molecule has 2 aliphatic rings. The number of nitrogens with zero attached hydrogens (tertiary/aromatic N) is 3. The molecule has 1 aromatic heterocycles. The van der Waals surface area contributed by atoms with Crippen LogP contribution in [0.15, 0.2) is 133 Å². The van der Waals surface area contributed by atoms with Crippen LogP contribution in [0.25, 0.3) is 32.9 Å². The fourth-order valence-electron chi connectivity index (χ4n) is 7.59. The van der Waals surface area contributed by atoms with Gasteiger partial charge in [-0.15, -0.1) is 0 Å². The molecule has 3 heteroatoms. The van der Waals surface area contributed by atoms with Crippen LogP contribution in [0.5, 0.6) is 0 Å².